The lowest BCUT2D eigenvalue weighted by molar-refractivity contribution is -0.136. The van der Waals surface area contributed by atoms with Crippen molar-refractivity contribution in [3.63, 3.8) is 0 Å². The van der Waals surface area contributed by atoms with Gasteiger partial charge in [-0.15, -0.1) is 21.5 Å². The van der Waals surface area contributed by atoms with Gasteiger partial charge in [0.2, 0.25) is 11.8 Å². The van der Waals surface area contributed by atoms with Gasteiger partial charge in [0.05, 0.1) is 30.4 Å². The first-order valence-electron chi connectivity index (χ1n) is 16.7. The first-order chi connectivity index (χ1) is 24.0. The highest BCUT2D eigenvalue weighted by Gasteiger charge is 2.33. The van der Waals surface area contributed by atoms with Gasteiger partial charge in [-0.1, -0.05) is 36.8 Å². The average Bonchev–Trinajstić information content (AvgIpc) is 3.57. The highest BCUT2D eigenvalue weighted by atomic mass is 32.1. The third-order valence-electron chi connectivity index (χ3n) is 9.10. The molecule has 13 nitrogen and oxygen atoms in total. The number of aliphatic imine (C=N–C) groups is 1. The first kappa shape index (κ1) is 34.6. The molecule has 6 rings (SSSR count). The second-order valence-electron chi connectivity index (χ2n) is 12.4. The zero-order chi connectivity index (χ0) is 35.7. The molecule has 0 radical (unpaired) electrons. The van der Waals surface area contributed by atoms with Crippen LogP contribution in [0.15, 0.2) is 46.3 Å². The number of allylic oxidation sites excluding steroid dienone is 1. The third kappa shape index (κ3) is 6.54. The van der Waals surface area contributed by atoms with Gasteiger partial charge < -0.3 is 10.1 Å². The Balaban J connectivity index is 1.19. The molecule has 4 aromatic rings. The van der Waals surface area contributed by atoms with Gasteiger partial charge in [0, 0.05) is 22.4 Å². The zero-order valence-electron chi connectivity index (χ0n) is 29.0. The van der Waals surface area contributed by atoms with E-state index < -0.39 is 23.6 Å². The van der Waals surface area contributed by atoms with Crippen LogP contribution in [0.3, 0.4) is 0 Å². The maximum atomic E-state index is 13.6. The van der Waals surface area contributed by atoms with E-state index in [1.165, 1.54) is 4.88 Å². The van der Waals surface area contributed by atoms with Gasteiger partial charge in [0.25, 0.3) is 11.5 Å². The molecule has 0 spiro atoms. The van der Waals surface area contributed by atoms with Gasteiger partial charge in [-0.05, 0) is 64.7 Å². The number of imide groups is 1. The minimum atomic E-state index is -0.895. The minimum Gasteiger partial charge on any atom is -0.491 e. The van der Waals surface area contributed by atoms with Gasteiger partial charge in [0.1, 0.15) is 35.3 Å². The summed E-state index contributed by atoms with van der Waals surface area (Å²) in [6.07, 6.45) is 4.08. The van der Waals surface area contributed by atoms with Crippen molar-refractivity contribution < 1.29 is 19.1 Å². The molecule has 14 heteroatoms. The number of carbonyl (C=O) groups is 3. The maximum Gasteiger partial charge on any atom is 0.278 e. The molecule has 1 fully saturated rings. The molecule has 2 atom stereocenters. The molecule has 2 N–H and O–H groups in total. The van der Waals surface area contributed by atoms with Crippen LogP contribution in [0.4, 0.5) is 0 Å². The molecule has 1 saturated heterocycles. The second kappa shape index (κ2) is 14.3. The van der Waals surface area contributed by atoms with Crippen molar-refractivity contribution in [1.29, 1.82) is 0 Å². The van der Waals surface area contributed by atoms with Crippen molar-refractivity contribution in [2.75, 3.05) is 13.2 Å². The molecule has 3 aromatic heterocycles. The number of ether oxygens (including phenoxy) is 1. The average molecular weight is 697 g/mol. The first-order valence-corrected chi connectivity index (χ1v) is 17.5. The van der Waals surface area contributed by atoms with Gasteiger partial charge in [-0.2, -0.15) is 5.10 Å². The SMILES string of the molecule is C/C=C(/OCCNC(=O)CC1N=C(c2ccc(C)cc2)c2c(sc(C)c2C)-n2c(C)nnc21)c1c(CC)cnn(C2CCC(=O)NC2=O)c1=O. The van der Waals surface area contributed by atoms with E-state index in [1.807, 2.05) is 25.3 Å². The van der Waals surface area contributed by atoms with Crippen LogP contribution in [-0.2, 0) is 25.5 Å². The minimum absolute atomic E-state index is 0.0396. The second-order valence-corrected chi connectivity index (χ2v) is 13.6. The topological polar surface area (TPSA) is 162 Å². The molecule has 2 aliphatic heterocycles. The molecule has 2 unspecified atom stereocenters. The number of aryl methyl sites for hydroxylation is 4. The molecule has 0 bridgehead atoms. The standard InChI is InChI=1S/C36H40N8O5S/c1-7-23-18-38-44(26-13-14-28(45)40-34(26)47)35(48)31(23)27(8-2)49-16-15-37-29(46)17-25-33-42-41-22(6)43(33)36-30(20(4)21(5)50-36)32(39-25)24-11-9-19(3)10-12-24/h8-12,18,25-26H,7,13-17H2,1-6H3,(H,37,46)(H,40,45,47)/b27-8+. The number of hydrogen-bond donors (Lipinski definition) is 2. The Hall–Kier alpha value is -5.24. The number of thiophene rings is 1. The van der Waals surface area contributed by atoms with Crippen LogP contribution in [0.25, 0.3) is 10.8 Å². The fourth-order valence-corrected chi connectivity index (χ4v) is 7.52. The lowest BCUT2D eigenvalue weighted by Crippen LogP contribution is -2.45. The predicted octanol–water partition coefficient (Wildman–Crippen LogP) is 4.14. The Morgan fingerprint density at radius 1 is 1.12 bits per heavy atom. The molecule has 0 saturated carbocycles. The molecular formula is C36H40N8O5S. The van der Waals surface area contributed by atoms with Crippen molar-refractivity contribution in [3.8, 4) is 5.00 Å². The van der Waals surface area contributed by atoms with Crippen molar-refractivity contribution in [2.24, 2.45) is 4.99 Å². The van der Waals surface area contributed by atoms with E-state index >= 15 is 0 Å². The van der Waals surface area contributed by atoms with E-state index in [0.717, 1.165) is 43.5 Å². The van der Waals surface area contributed by atoms with Crippen molar-refractivity contribution in [3.05, 3.63) is 96.8 Å². The van der Waals surface area contributed by atoms with Gasteiger partial charge in [0.15, 0.2) is 5.82 Å². The smallest absolute Gasteiger partial charge is 0.278 e. The summed E-state index contributed by atoms with van der Waals surface area (Å²) in [5.41, 5.74) is 5.55. The zero-order valence-corrected chi connectivity index (χ0v) is 29.8. The normalized spacial score (nSPS) is 17.4. The highest BCUT2D eigenvalue weighted by Crippen LogP contribution is 2.39. The molecule has 2 aliphatic rings. The summed E-state index contributed by atoms with van der Waals surface area (Å²) >= 11 is 1.67. The Morgan fingerprint density at radius 3 is 2.58 bits per heavy atom. The van der Waals surface area contributed by atoms with E-state index in [-0.39, 0.29) is 44.2 Å². The summed E-state index contributed by atoms with van der Waals surface area (Å²) in [6, 6.07) is 6.75. The van der Waals surface area contributed by atoms with Gasteiger partial charge in [-0.3, -0.25) is 34.1 Å². The molecular weight excluding hydrogens is 657 g/mol. The Morgan fingerprint density at radius 2 is 1.88 bits per heavy atom. The number of nitrogens with one attached hydrogen (secondary N) is 2. The number of rotatable bonds is 10. The van der Waals surface area contributed by atoms with E-state index in [1.54, 1.807) is 30.5 Å². The Labute approximate surface area is 293 Å². The largest absolute Gasteiger partial charge is 0.491 e. The number of fused-ring (bicyclic) bond motifs is 3. The van der Waals surface area contributed by atoms with E-state index in [4.69, 9.17) is 9.73 Å². The van der Waals surface area contributed by atoms with Gasteiger partial charge in [-0.25, -0.2) is 4.68 Å². The summed E-state index contributed by atoms with van der Waals surface area (Å²) in [4.78, 5) is 57.6. The van der Waals surface area contributed by atoms with Crippen LogP contribution >= 0.6 is 11.3 Å². The summed E-state index contributed by atoms with van der Waals surface area (Å²) in [5, 5.41) is 19.3. The molecule has 5 heterocycles. The van der Waals surface area contributed by atoms with Crippen LogP contribution in [-0.4, -0.2) is 61.1 Å². The molecule has 0 aliphatic carbocycles. The Kier molecular flexibility index (Phi) is 9.91. The van der Waals surface area contributed by atoms with Crippen molar-refractivity contribution in [2.45, 2.75) is 79.3 Å². The van der Waals surface area contributed by atoms with Crippen molar-refractivity contribution >= 4 is 40.5 Å². The number of nitrogens with zero attached hydrogens (tertiary/aromatic N) is 6. The lowest BCUT2D eigenvalue weighted by Gasteiger charge is -2.23. The predicted molar refractivity (Wildman–Crippen MR) is 190 cm³/mol. The number of benzene rings is 1. The summed E-state index contributed by atoms with van der Waals surface area (Å²) in [6.45, 7) is 12.0. The Bertz CT molecular complexity index is 2110. The summed E-state index contributed by atoms with van der Waals surface area (Å²) in [7, 11) is 0. The maximum absolute atomic E-state index is 13.6. The highest BCUT2D eigenvalue weighted by molar-refractivity contribution is 7.15. The summed E-state index contributed by atoms with van der Waals surface area (Å²) in [5.74, 6) is 0.472. The lowest BCUT2D eigenvalue weighted by atomic mass is 9.99. The molecule has 3 amide bonds. The number of aromatic nitrogens is 5. The van der Waals surface area contributed by atoms with Crippen LogP contribution in [0.1, 0.15) is 95.1 Å². The fraction of sp³-hybridized carbons (Fsp3) is 0.389. The monoisotopic (exact) mass is 696 g/mol. The van der Waals surface area contributed by atoms with Crippen molar-refractivity contribution in [1.82, 2.24) is 35.2 Å². The van der Waals surface area contributed by atoms with Crippen LogP contribution in [0, 0.1) is 27.7 Å². The molecule has 260 valence electrons. The number of hydrogen-bond acceptors (Lipinski definition) is 10. The van der Waals surface area contributed by atoms with E-state index in [9.17, 15) is 19.2 Å². The molecule has 50 heavy (non-hydrogen) atoms. The fourth-order valence-electron chi connectivity index (χ4n) is 6.31. The molecule has 1 aromatic carbocycles. The van der Waals surface area contributed by atoms with Gasteiger partial charge >= 0.3 is 0 Å². The summed E-state index contributed by atoms with van der Waals surface area (Å²) < 4.78 is 9.18. The van der Waals surface area contributed by atoms with Crippen LogP contribution in [0.2, 0.25) is 0 Å². The van der Waals surface area contributed by atoms with E-state index in [0.29, 0.717) is 29.1 Å². The van der Waals surface area contributed by atoms with Crippen LogP contribution < -0.4 is 16.2 Å². The third-order valence-corrected chi connectivity index (χ3v) is 10.3. The van der Waals surface area contributed by atoms with Crippen LogP contribution in [0.5, 0.6) is 0 Å². The number of carbonyl (C=O) groups excluding carboxylic acids is 3. The number of piperidine rings is 1. The quantitative estimate of drug-likeness (QED) is 0.142. The number of amides is 3. The van der Waals surface area contributed by atoms with E-state index in [2.05, 4.69) is 64.0 Å².